The van der Waals surface area contributed by atoms with Gasteiger partial charge >= 0.3 is 0 Å². The van der Waals surface area contributed by atoms with Crippen molar-refractivity contribution in [1.82, 2.24) is 9.80 Å². The molecule has 0 saturated carbocycles. The lowest BCUT2D eigenvalue weighted by atomic mass is 10.2. The molecular weight excluding hydrogens is 377 g/mol. The Bertz CT molecular complexity index is 644. The minimum atomic E-state index is -0.385. The predicted octanol–water partition coefficient (Wildman–Crippen LogP) is 1.94. The number of carbonyl (C=O) groups excluding carboxylic acids is 2. The lowest BCUT2D eigenvalue weighted by molar-refractivity contribution is -0.142. The Balaban J connectivity index is 0.00000243. The van der Waals surface area contributed by atoms with Gasteiger partial charge in [0.25, 0.3) is 11.8 Å². The number of ether oxygens (including phenoxy) is 1. The SMILES string of the molecule is Cl.NC[C@H]1CC[C@@H](C(=O)N2CCCN(C(=O)c3cccc(Cl)c3)CC2)O1. The summed E-state index contributed by atoms with van der Waals surface area (Å²) < 4.78 is 5.71. The lowest BCUT2D eigenvalue weighted by Crippen LogP contribution is -2.42. The Morgan fingerprint density at radius 3 is 2.58 bits per heavy atom. The van der Waals surface area contributed by atoms with E-state index in [-0.39, 0.29) is 36.4 Å². The van der Waals surface area contributed by atoms with Gasteiger partial charge in [-0.1, -0.05) is 17.7 Å². The van der Waals surface area contributed by atoms with Gasteiger partial charge < -0.3 is 20.3 Å². The number of nitrogens with zero attached hydrogens (tertiary/aromatic N) is 2. The Labute approximate surface area is 165 Å². The molecule has 6 nitrogen and oxygen atoms in total. The van der Waals surface area contributed by atoms with Gasteiger partial charge in [0, 0.05) is 43.3 Å². The molecule has 2 amide bonds. The van der Waals surface area contributed by atoms with Crippen molar-refractivity contribution >= 4 is 35.8 Å². The Morgan fingerprint density at radius 1 is 1.15 bits per heavy atom. The van der Waals surface area contributed by atoms with Crippen LogP contribution in [-0.4, -0.2) is 66.5 Å². The summed E-state index contributed by atoms with van der Waals surface area (Å²) in [6.07, 6.45) is 1.92. The van der Waals surface area contributed by atoms with Crippen LogP contribution in [0.1, 0.15) is 29.6 Å². The molecule has 2 saturated heterocycles. The molecule has 0 aliphatic carbocycles. The van der Waals surface area contributed by atoms with Crippen LogP contribution in [-0.2, 0) is 9.53 Å². The minimum Gasteiger partial charge on any atom is -0.364 e. The fourth-order valence-electron chi connectivity index (χ4n) is 3.41. The van der Waals surface area contributed by atoms with Gasteiger partial charge in [-0.2, -0.15) is 0 Å². The molecule has 0 aromatic heterocycles. The Kier molecular flexibility index (Phi) is 7.70. The Morgan fingerprint density at radius 2 is 1.88 bits per heavy atom. The second-order valence-electron chi connectivity index (χ2n) is 6.54. The molecule has 2 fully saturated rings. The van der Waals surface area contributed by atoms with Crippen molar-refractivity contribution in [3.05, 3.63) is 34.9 Å². The van der Waals surface area contributed by atoms with E-state index in [4.69, 9.17) is 22.1 Å². The van der Waals surface area contributed by atoms with Gasteiger partial charge in [-0.05, 0) is 37.5 Å². The van der Waals surface area contributed by atoms with E-state index in [1.54, 1.807) is 29.2 Å². The topological polar surface area (TPSA) is 75.9 Å². The highest BCUT2D eigenvalue weighted by atomic mass is 35.5. The van der Waals surface area contributed by atoms with Gasteiger partial charge in [-0.3, -0.25) is 9.59 Å². The maximum absolute atomic E-state index is 12.6. The molecule has 1 aromatic rings. The zero-order valence-electron chi connectivity index (χ0n) is 14.6. The minimum absolute atomic E-state index is 0. The van der Waals surface area contributed by atoms with Gasteiger partial charge in [0.05, 0.1) is 6.10 Å². The first-order valence-corrected chi connectivity index (χ1v) is 9.15. The van der Waals surface area contributed by atoms with Crippen LogP contribution < -0.4 is 5.73 Å². The molecule has 0 bridgehead atoms. The third-order valence-corrected chi connectivity index (χ3v) is 5.05. The van der Waals surface area contributed by atoms with E-state index in [0.29, 0.717) is 43.3 Å². The number of rotatable bonds is 3. The maximum atomic E-state index is 12.6. The molecule has 2 heterocycles. The number of hydrogen-bond acceptors (Lipinski definition) is 4. The second-order valence-corrected chi connectivity index (χ2v) is 6.98. The van der Waals surface area contributed by atoms with E-state index in [0.717, 1.165) is 19.3 Å². The van der Waals surface area contributed by atoms with Crippen molar-refractivity contribution in [2.75, 3.05) is 32.7 Å². The van der Waals surface area contributed by atoms with Crippen LogP contribution >= 0.6 is 24.0 Å². The molecule has 0 unspecified atom stereocenters. The average Bonchev–Trinajstić information content (AvgIpc) is 2.97. The standard InChI is InChI=1S/C18H24ClN3O3.ClH/c19-14-4-1-3-13(11-14)17(23)21-7-2-8-22(10-9-21)18(24)16-6-5-15(12-20)25-16;/h1,3-4,11,15-16H,2,5-10,12,20H2;1H/t15-,16+;/m1./s1. The van der Waals surface area contributed by atoms with E-state index >= 15 is 0 Å². The molecule has 2 N–H and O–H groups in total. The van der Waals surface area contributed by atoms with E-state index < -0.39 is 0 Å². The molecule has 3 rings (SSSR count). The van der Waals surface area contributed by atoms with E-state index in [1.165, 1.54) is 0 Å². The third kappa shape index (κ3) is 4.88. The highest BCUT2D eigenvalue weighted by Crippen LogP contribution is 2.21. The van der Waals surface area contributed by atoms with Gasteiger partial charge in [0.15, 0.2) is 0 Å². The molecule has 2 aliphatic rings. The highest BCUT2D eigenvalue weighted by Gasteiger charge is 2.33. The zero-order valence-corrected chi connectivity index (χ0v) is 16.2. The van der Waals surface area contributed by atoms with E-state index in [1.807, 2.05) is 4.90 Å². The summed E-state index contributed by atoms with van der Waals surface area (Å²) in [6, 6.07) is 6.96. The van der Waals surface area contributed by atoms with Crippen LogP contribution in [0.4, 0.5) is 0 Å². The molecule has 26 heavy (non-hydrogen) atoms. The summed E-state index contributed by atoms with van der Waals surface area (Å²) in [6.45, 7) is 2.77. The molecule has 1 aromatic carbocycles. The number of benzene rings is 1. The summed E-state index contributed by atoms with van der Waals surface area (Å²) in [5, 5.41) is 0.547. The fraction of sp³-hybridized carbons (Fsp3) is 0.556. The zero-order chi connectivity index (χ0) is 17.8. The van der Waals surface area contributed by atoms with Crippen LogP contribution in [0.15, 0.2) is 24.3 Å². The van der Waals surface area contributed by atoms with Crippen molar-refractivity contribution in [3.63, 3.8) is 0 Å². The summed E-state index contributed by atoms with van der Waals surface area (Å²) in [5.41, 5.74) is 6.19. The first-order valence-electron chi connectivity index (χ1n) is 8.77. The fourth-order valence-corrected chi connectivity index (χ4v) is 3.60. The first kappa shape index (κ1) is 21.0. The van der Waals surface area contributed by atoms with Gasteiger partial charge in [0.1, 0.15) is 6.10 Å². The number of halogens is 2. The van der Waals surface area contributed by atoms with Crippen LogP contribution in [0.25, 0.3) is 0 Å². The summed E-state index contributed by atoms with van der Waals surface area (Å²) in [7, 11) is 0. The average molecular weight is 402 g/mol. The predicted molar refractivity (Wildman–Crippen MR) is 103 cm³/mol. The van der Waals surface area contributed by atoms with Gasteiger partial charge in [-0.25, -0.2) is 0 Å². The van der Waals surface area contributed by atoms with E-state index in [9.17, 15) is 9.59 Å². The third-order valence-electron chi connectivity index (χ3n) is 4.81. The van der Waals surface area contributed by atoms with Gasteiger partial charge in [-0.15, -0.1) is 12.4 Å². The summed E-state index contributed by atoms with van der Waals surface area (Å²) in [4.78, 5) is 28.9. The number of amides is 2. The number of nitrogens with two attached hydrogens (primary N) is 1. The molecule has 0 spiro atoms. The molecule has 2 atom stereocenters. The molecule has 0 radical (unpaired) electrons. The second kappa shape index (κ2) is 9.55. The molecule has 8 heteroatoms. The van der Waals surface area contributed by atoms with Crippen LogP contribution in [0.5, 0.6) is 0 Å². The number of carbonyl (C=O) groups is 2. The molecule has 144 valence electrons. The first-order chi connectivity index (χ1) is 12.1. The Hall–Kier alpha value is -1.34. The largest absolute Gasteiger partial charge is 0.364 e. The van der Waals surface area contributed by atoms with Crippen molar-refractivity contribution in [2.45, 2.75) is 31.5 Å². The quantitative estimate of drug-likeness (QED) is 0.839. The van der Waals surface area contributed by atoms with Crippen molar-refractivity contribution in [2.24, 2.45) is 5.73 Å². The van der Waals surface area contributed by atoms with Crippen LogP contribution in [0.2, 0.25) is 5.02 Å². The smallest absolute Gasteiger partial charge is 0.253 e. The maximum Gasteiger partial charge on any atom is 0.253 e. The van der Waals surface area contributed by atoms with Crippen LogP contribution in [0, 0.1) is 0 Å². The summed E-state index contributed by atoms with van der Waals surface area (Å²) >= 11 is 5.97. The van der Waals surface area contributed by atoms with Crippen molar-refractivity contribution in [3.8, 4) is 0 Å². The van der Waals surface area contributed by atoms with Gasteiger partial charge in [0.2, 0.25) is 0 Å². The van der Waals surface area contributed by atoms with Crippen molar-refractivity contribution < 1.29 is 14.3 Å². The lowest BCUT2D eigenvalue weighted by Gasteiger charge is -2.24. The molecule has 2 aliphatic heterocycles. The van der Waals surface area contributed by atoms with Crippen molar-refractivity contribution in [1.29, 1.82) is 0 Å². The summed E-state index contributed by atoms with van der Waals surface area (Å²) in [5.74, 6) is -0.0230. The highest BCUT2D eigenvalue weighted by molar-refractivity contribution is 6.30. The normalized spacial score (nSPS) is 23.3. The van der Waals surface area contributed by atoms with Crippen LogP contribution in [0.3, 0.4) is 0 Å². The molecular formula is C18H25Cl2N3O3. The van der Waals surface area contributed by atoms with E-state index in [2.05, 4.69) is 0 Å². The monoisotopic (exact) mass is 401 g/mol. The number of hydrogen-bond donors (Lipinski definition) is 1.